The predicted molar refractivity (Wildman–Crippen MR) is 102 cm³/mol. The van der Waals surface area contributed by atoms with Crippen LogP contribution < -0.4 is 10.6 Å². The first kappa shape index (κ1) is 22.6. The predicted octanol–water partition coefficient (Wildman–Crippen LogP) is 3.09. The van der Waals surface area contributed by atoms with Crippen LogP contribution in [0.1, 0.15) is 32.1 Å². The topological polar surface area (TPSA) is 98.7 Å². The number of carbonyl (C=O) groups excluding carboxylic acids is 2. The van der Waals surface area contributed by atoms with Gasteiger partial charge in [-0.1, -0.05) is 49.2 Å². The number of carbonyl (C=O) groups is 2. The molecular formula is C20H23F3N2O4. The molecule has 0 unspecified atom stereocenters. The first-order chi connectivity index (χ1) is 13.6. The number of benzene rings is 2. The quantitative estimate of drug-likeness (QED) is 0.376. The molecule has 0 aliphatic rings. The number of anilines is 1. The number of rotatable bonds is 9. The van der Waals surface area contributed by atoms with Crippen LogP contribution in [-0.4, -0.2) is 40.5 Å². The van der Waals surface area contributed by atoms with Crippen molar-refractivity contribution in [2.24, 2.45) is 0 Å². The Kier molecular flexibility index (Phi) is 7.58. The van der Waals surface area contributed by atoms with Crippen molar-refractivity contribution in [2.75, 3.05) is 11.9 Å². The summed E-state index contributed by atoms with van der Waals surface area (Å²) in [5.74, 6) is -6.43. The van der Waals surface area contributed by atoms with Gasteiger partial charge in [0, 0.05) is 24.0 Å². The molecule has 6 nitrogen and oxygen atoms in total. The van der Waals surface area contributed by atoms with E-state index in [1.54, 1.807) is 0 Å². The van der Waals surface area contributed by atoms with Crippen molar-refractivity contribution < 1.29 is 33.0 Å². The van der Waals surface area contributed by atoms with Gasteiger partial charge < -0.3 is 20.8 Å². The lowest BCUT2D eigenvalue weighted by molar-refractivity contribution is -0.328. The second kappa shape index (κ2) is 9.71. The highest BCUT2D eigenvalue weighted by Gasteiger charge is 2.58. The number of fused-ring (bicyclic) bond motifs is 1. The largest absolute Gasteiger partial charge is 0.453 e. The first-order valence-electron chi connectivity index (χ1n) is 9.20. The van der Waals surface area contributed by atoms with E-state index in [1.165, 1.54) is 0 Å². The summed E-state index contributed by atoms with van der Waals surface area (Å²) < 4.78 is 36.8. The minimum atomic E-state index is -5.46. The average molecular weight is 412 g/mol. The van der Waals surface area contributed by atoms with Crippen LogP contribution in [0.3, 0.4) is 0 Å². The van der Waals surface area contributed by atoms with Crippen LogP contribution in [0.15, 0.2) is 42.5 Å². The smallest absolute Gasteiger partial charge is 0.351 e. The molecule has 0 aliphatic carbocycles. The van der Waals surface area contributed by atoms with E-state index in [2.05, 4.69) is 5.32 Å². The van der Waals surface area contributed by atoms with Crippen LogP contribution in [-0.2, 0) is 9.59 Å². The molecule has 0 atom stereocenters. The number of nitrogens with one attached hydrogen (secondary N) is 2. The van der Waals surface area contributed by atoms with Gasteiger partial charge in [0.05, 0.1) is 0 Å². The summed E-state index contributed by atoms with van der Waals surface area (Å²) in [5, 5.41) is 24.2. The molecule has 158 valence electrons. The molecule has 2 aromatic carbocycles. The lowest BCUT2D eigenvalue weighted by Gasteiger charge is -2.22. The molecule has 0 aromatic heterocycles. The minimum Gasteiger partial charge on any atom is -0.351 e. The second-order valence-corrected chi connectivity index (χ2v) is 6.66. The monoisotopic (exact) mass is 412 g/mol. The summed E-state index contributed by atoms with van der Waals surface area (Å²) in [6.45, 7) is -0.125. The fourth-order valence-electron chi connectivity index (χ4n) is 2.77. The number of alkyl halides is 3. The van der Waals surface area contributed by atoms with Crippen LogP contribution in [0.5, 0.6) is 0 Å². The van der Waals surface area contributed by atoms with Crippen LogP contribution >= 0.6 is 0 Å². The Hall–Kier alpha value is -2.65. The molecule has 2 amide bonds. The zero-order valence-corrected chi connectivity index (χ0v) is 15.6. The molecule has 0 spiro atoms. The number of hydrogen-bond acceptors (Lipinski definition) is 4. The zero-order chi connectivity index (χ0) is 21.5. The van der Waals surface area contributed by atoms with Crippen molar-refractivity contribution in [3.05, 3.63) is 42.5 Å². The van der Waals surface area contributed by atoms with E-state index in [9.17, 15) is 22.8 Å². The third-order valence-corrected chi connectivity index (χ3v) is 4.39. The summed E-state index contributed by atoms with van der Waals surface area (Å²) in [6, 6.07) is 13.3. The lowest BCUT2D eigenvalue weighted by atomic mass is 10.1. The normalized spacial score (nSPS) is 12.0. The molecular weight excluding hydrogens is 389 g/mol. The van der Waals surface area contributed by atoms with E-state index < -0.39 is 17.9 Å². The van der Waals surface area contributed by atoms with E-state index in [-0.39, 0.29) is 12.5 Å². The highest BCUT2D eigenvalue weighted by Crippen LogP contribution is 2.28. The SMILES string of the molecule is O=C(CCCCCCNC(=O)C(O)(O)C(F)(F)F)Nc1cccc2ccccc12. The summed E-state index contributed by atoms with van der Waals surface area (Å²) in [4.78, 5) is 23.3. The maximum Gasteiger partial charge on any atom is 0.453 e. The van der Waals surface area contributed by atoms with Crippen LogP contribution in [0.25, 0.3) is 10.8 Å². The minimum absolute atomic E-state index is 0.125. The van der Waals surface area contributed by atoms with Gasteiger partial charge in [-0.15, -0.1) is 0 Å². The molecule has 0 aliphatic heterocycles. The van der Waals surface area contributed by atoms with Crippen molar-refractivity contribution >= 4 is 28.3 Å². The third kappa shape index (κ3) is 6.16. The van der Waals surface area contributed by atoms with Gasteiger partial charge in [0.2, 0.25) is 5.91 Å². The van der Waals surface area contributed by atoms with Gasteiger partial charge >= 0.3 is 12.0 Å². The summed E-state index contributed by atoms with van der Waals surface area (Å²) in [7, 11) is 0. The number of halogens is 3. The van der Waals surface area contributed by atoms with Gasteiger partial charge in [-0.2, -0.15) is 13.2 Å². The summed E-state index contributed by atoms with van der Waals surface area (Å²) in [5.41, 5.74) is 0.733. The molecule has 0 saturated heterocycles. The molecule has 0 radical (unpaired) electrons. The van der Waals surface area contributed by atoms with Gasteiger partial charge in [-0.25, -0.2) is 0 Å². The van der Waals surface area contributed by atoms with E-state index in [4.69, 9.17) is 10.2 Å². The molecule has 2 aromatic rings. The molecule has 2 rings (SSSR count). The first-order valence-corrected chi connectivity index (χ1v) is 9.20. The van der Waals surface area contributed by atoms with Gasteiger partial charge in [0.15, 0.2) is 0 Å². The Labute approximate surface area is 165 Å². The molecule has 0 bridgehead atoms. The third-order valence-electron chi connectivity index (χ3n) is 4.39. The standard InChI is InChI=1S/C20H23F3N2O4/c21-20(22,23)19(28,29)18(27)24-13-6-2-1-3-12-17(26)25-16-11-7-9-14-8-4-5-10-15(14)16/h4-5,7-11,28-29H,1-3,6,12-13H2,(H,24,27)(H,25,26). The van der Waals surface area contributed by atoms with Crippen molar-refractivity contribution in [2.45, 2.75) is 44.1 Å². The number of unbranched alkanes of at least 4 members (excludes halogenated alkanes) is 3. The molecule has 0 heterocycles. The van der Waals surface area contributed by atoms with Crippen LogP contribution in [0.4, 0.5) is 18.9 Å². The molecule has 9 heteroatoms. The van der Waals surface area contributed by atoms with Gasteiger partial charge in [0.1, 0.15) is 0 Å². The van der Waals surface area contributed by atoms with Crippen molar-refractivity contribution in [3.63, 3.8) is 0 Å². The van der Waals surface area contributed by atoms with Crippen molar-refractivity contribution in [3.8, 4) is 0 Å². The molecule has 29 heavy (non-hydrogen) atoms. The number of amides is 2. The Morgan fingerprint density at radius 2 is 1.55 bits per heavy atom. The Morgan fingerprint density at radius 3 is 2.28 bits per heavy atom. The van der Waals surface area contributed by atoms with Gasteiger partial charge in [-0.3, -0.25) is 9.59 Å². The van der Waals surface area contributed by atoms with Crippen molar-refractivity contribution in [1.29, 1.82) is 0 Å². The fraction of sp³-hybridized carbons (Fsp3) is 0.400. The Morgan fingerprint density at radius 1 is 0.897 bits per heavy atom. The highest BCUT2D eigenvalue weighted by atomic mass is 19.4. The lowest BCUT2D eigenvalue weighted by Crippen LogP contribution is -2.57. The Bertz CT molecular complexity index is 848. The van der Waals surface area contributed by atoms with Gasteiger partial charge in [-0.05, 0) is 24.3 Å². The van der Waals surface area contributed by atoms with E-state index >= 15 is 0 Å². The number of hydrogen-bond donors (Lipinski definition) is 4. The number of aliphatic hydroxyl groups is 2. The highest BCUT2D eigenvalue weighted by molar-refractivity contribution is 6.02. The van der Waals surface area contributed by atoms with E-state index in [1.807, 2.05) is 47.8 Å². The maximum absolute atomic E-state index is 12.3. The fourth-order valence-corrected chi connectivity index (χ4v) is 2.77. The van der Waals surface area contributed by atoms with Gasteiger partial charge in [0.25, 0.3) is 5.91 Å². The second-order valence-electron chi connectivity index (χ2n) is 6.66. The Balaban J connectivity index is 1.64. The van der Waals surface area contributed by atoms with E-state index in [0.717, 1.165) is 16.5 Å². The zero-order valence-electron chi connectivity index (χ0n) is 15.6. The molecule has 4 N–H and O–H groups in total. The van der Waals surface area contributed by atoms with Crippen molar-refractivity contribution in [1.82, 2.24) is 5.32 Å². The molecule has 0 saturated carbocycles. The maximum atomic E-state index is 12.3. The molecule has 0 fully saturated rings. The average Bonchev–Trinajstić information content (AvgIpc) is 2.66. The summed E-state index contributed by atoms with van der Waals surface area (Å²) in [6.07, 6.45) is -3.03. The summed E-state index contributed by atoms with van der Waals surface area (Å²) >= 11 is 0. The van der Waals surface area contributed by atoms with Crippen LogP contribution in [0, 0.1) is 0 Å². The van der Waals surface area contributed by atoms with Crippen LogP contribution in [0.2, 0.25) is 0 Å². The van der Waals surface area contributed by atoms with E-state index in [0.29, 0.717) is 32.1 Å².